The summed E-state index contributed by atoms with van der Waals surface area (Å²) in [6.07, 6.45) is 0.870. The molecule has 0 bridgehead atoms. The molecule has 0 saturated heterocycles. The number of hydrogen-bond acceptors (Lipinski definition) is 3. The molecule has 1 aliphatic rings. The van der Waals surface area contributed by atoms with Gasteiger partial charge in [0.05, 0.1) is 0 Å². The molecule has 0 spiro atoms. The minimum atomic E-state index is -0.123. The topological polar surface area (TPSA) is 54.3 Å². The van der Waals surface area contributed by atoms with Crippen LogP contribution in [0.1, 0.15) is 28.8 Å². The summed E-state index contributed by atoms with van der Waals surface area (Å²) < 4.78 is 5.47. The van der Waals surface area contributed by atoms with E-state index in [4.69, 9.17) is 4.42 Å². The zero-order valence-electron chi connectivity index (χ0n) is 8.22. The second kappa shape index (κ2) is 3.84. The Bertz CT molecular complexity index is 320. The van der Waals surface area contributed by atoms with Gasteiger partial charge in [-0.15, -0.1) is 0 Å². The largest absolute Gasteiger partial charge is 0.456 e. The highest BCUT2D eigenvalue weighted by Crippen LogP contribution is 2.18. The van der Waals surface area contributed by atoms with E-state index in [1.54, 1.807) is 0 Å². The average Bonchev–Trinajstić information content (AvgIpc) is 2.61. The molecule has 1 amide bonds. The number of amides is 1. The van der Waals surface area contributed by atoms with E-state index < -0.39 is 0 Å². The number of hydrogen-bond donors (Lipinski definition) is 2. The average molecular weight is 194 g/mol. The molecule has 0 radical (unpaired) electrons. The number of carbonyl (C=O) groups excluding carboxylic acids is 1. The fraction of sp³-hybridized carbons (Fsp3) is 0.500. The Morgan fingerprint density at radius 1 is 1.71 bits per heavy atom. The van der Waals surface area contributed by atoms with E-state index in [0.717, 1.165) is 30.8 Å². The van der Waals surface area contributed by atoms with E-state index in [2.05, 4.69) is 10.6 Å². The van der Waals surface area contributed by atoms with Crippen LogP contribution in [0.15, 0.2) is 10.5 Å². The van der Waals surface area contributed by atoms with Crippen LogP contribution < -0.4 is 10.6 Å². The molecule has 0 aromatic carbocycles. The van der Waals surface area contributed by atoms with Crippen LogP contribution in [0.4, 0.5) is 0 Å². The predicted molar refractivity (Wildman–Crippen MR) is 52.1 cm³/mol. The molecule has 2 rings (SSSR count). The molecular formula is C10H14N2O2. The molecule has 76 valence electrons. The van der Waals surface area contributed by atoms with Crippen LogP contribution in [-0.2, 0) is 13.0 Å². The zero-order valence-corrected chi connectivity index (χ0v) is 8.22. The minimum absolute atomic E-state index is 0.123. The van der Waals surface area contributed by atoms with Gasteiger partial charge < -0.3 is 15.1 Å². The van der Waals surface area contributed by atoms with Crippen molar-refractivity contribution in [1.82, 2.24) is 10.6 Å². The fourth-order valence-electron chi connectivity index (χ4n) is 1.61. The first-order valence-electron chi connectivity index (χ1n) is 4.91. The van der Waals surface area contributed by atoms with Gasteiger partial charge in [-0.25, -0.2) is 0 Å². The van der Waals surface area contributed by atoms with Crippen molar-refractivity contribution in [3.63, 3.8) is 0 Å². The van der Waals surface area contributed by atoms with Gasteiger partial charge in [0, 0.05) is 31.6 Å². The number of fused-ring (bicyclic) bond motifs is 1. The summed E-state index contributed by atoms with van der Waals surface area (Å²) in [5, 5.41) is 5.95. The van der Waals surface area contributed by atoms with Crippen LogP contribution in [0, 0.1) is 0 Å². The van der Waals surface area contributed by atoms with Gasteiger partial charge in [0.25, 0.3) is 5.91 Å². The van der Waals surface area contributed by atoms with Gasteiger partial charge in [0.1, 0.15) is 5.76 Å². The van der Waals surface area contributed by atoms with Crippen LogP contribution in [-0.4, -0.2) is 19.0 Å². The molecular weight excluding hydrogens is 180 g/mol. The van der Waals surface area contributed by atoms with Gasteiger partial charge >= 0.3 is 0 Å². The third-order valence-corrected chi connectivity index (χ3v) is 2.30. The highest BCUT2D eigenvalue weighted by atomic mass is 16.4. The molecule has 0 unspecified atom stereocenters. The molecule has 1 aromatic heterocycles. The van der Waals surface area contributed by atoms with E-state index in [9.17, 15) is 4.79 Å². The number of carbonyl (C=O) groups is 1. The maximum Gasteiger partial charge on any atom is 0.286 e. The Morgan fingerprint density at radius 3 is 3.29 bits per heavy atom. The molecule has 2 heterocycles. The second-order valence-corrected chi connectivity index (χ2v) is 3.35. The Hall–Kier alpha value is -1.29. The predicted octanol–water partition coefficient (Wildman–Crippen LogP) is 0.675. The summed E-state index contributed by atoms with van der Waals surface area (Å²) >= 11 is 0. The number of rotatable bonds is 2. The van der Waals surface area contributed by atoms with Gasteiger partial charge in [0.15, 0.2) is 5.76 Å². The number of nitrogens with one attached hydrogen (secondary N) is 2. The maximum absolute atomic E-state index is 11.4. The quantitative estimate of drug-likeness (QED) is 0.727. The van der Waals surface area contributed by atoms with Gasteiger partial charge in [-0.1, -0.05) is 0 Å². The molecule has 4 nitrogen and oxygen atoms in total. The minimum Gasteiger partial charge on any atom is -0.456 e. The molecule has 1 aliphatic heterocycles. The Labute approximate surface area is 82.7 Å². The molecule has 4 heteroatoms. The maximum atomic E-state index is 11.4. The molecule has 0 saturated carbocycles. The van der Waals surface area contributed by atoms with E-state index >= 15 is 0 Å². The highest BCUT2D eigenvalue weighted by molar-refractivity contribution is 5.91. The van der Waals surface area contributed by atoms with E-state index in [1.807, 2.05) is 13.0 Å². The molecule has 0 aliphatic carbocycles. The number of furan rings is 1. The lowest BCUT2D eigenvalue weighted by atomic mass is 10.1. The van der Waals surface area contributed by atoms with Crippen LogP contribution in [0.25, 0.3) is 0 Å². The summed E-state index contributed by atoms with van der Waals surface area (Å²) in [7, 11) is 0. The SMILES string of the molecule is CCNC(=O)c1cc2c(o1)CCNC2. The fourth-order valence-corrected chi connectivity index (χ4v) is 1.61. The van der Waals surface area contributed by atoms with Gasteiger partial charge in [-0.3, -0.25) is 4.79 Å². The smallest absolute Gasteiger partial charge is 0.286 e. The van der Waals surface area contributed by atoms with Crippen molar-refractivity contribution in [3.8, 4) is 0 Å². The summed E-state index contributed by atoms with van der Waals surface area (Å²) in [6, 6.07) is 1.83. The van der Waals surface area contributed by atoms with Crippen molar-refractivity contribution in [2.45, 2.75) is 19.9 Å². The van der Waals surface area contributed by atoms with Crippen molar-refractivity contribution in [1.29, 1.82) is 0 Å². The molecule has 14 heavy (non-hydrogen) atoms. The van der Waals surface area contributed by atoms with E-state index in [1.165, 1.54) is 0 Å². The van der Waals surface area contributed by atoms with Crippen LogP contribution in [0.5, 0.6) is 0 Å². The van der Waals surface area contributed by atoms with E-state index in [-0.39, 0.29) is 5.91 Å². The van der Waals surface area contributed by atoms with E-state index in [0.29, 0.717) is 12.3 Å². The molecule has 0 atom stereocenters. The van der Waals surface area contributed by atoms with Crippen LogP contribution >= 0.6 is 0 Å². The van der Waals surface area contributed by atoms with Gasteiger partial charge in [-0.05, 0) is 13.0 Å². The van der Waals surface area contributed by atoms with Crippen LogP contribution in [0.2, 0.25) is 0 Å². The first kappa shape index (κ1) is 9.27. The summed E-state index contributed by atoms with van der Waals surface area (Å²) in [5.41, 5.74) is 1.11. The Kier molecular flexibility index (Phi) is 2.54. The van der Waals surface area contributed by atoms with Crippen LogP contribution in [0.3, 0.4) is 0 Å². The summed E-state index contributed by atoms with van der Waals surface area (Å²) in [6.45, 7) is 4.25. The Balaban J connectivity index is 2.19. The monoisotopic (exact) mass is 194 g/mol. The first-order chi connectivity index (χ1) is 6.81. The molecule has 1 aromatic rings. The summed E-state index contributed by atoms with van der Waals surface area (Å²) in [5.74, 6) is 1.26. The van der Waals surface area contributed by atoms with Crippen molar-refractivity contribution >= 4 is 5.91 Å². The lowest BCUT2D eigenvalue weighted by Crippen LogP contribution is -2.22. The lowest BCUT2D eigenvalue weighted by Gasteiger charge is -2.09. The molecule has 2 N–H and O–H groups in total. The first-order valence-corrected chi connectivity index (χ1v) is 4.91. The third-order valence-electron chi connectivity index (χ3n) is 2.30. The van der Waals surface area contributed by atoms with Crippen molar-refractivity contribution in [2.75, 3.05) is 13.1 Å². The zero-order chi connectivity index (χ0) is 9.97. The highest BCUT2D eigenvalue weighted by Gasteiger charge is 2.17. The van der Waals surface area contributed by atoms with Crippen molar-refractivity contribution < 1.29 is 9.21 Å². The van der Waals surface area contributed by atoms with Crippen molar-refractivity contribution in [3.05, 3.63) is 23.2 Å². The van der Waals surface area contributed by atoms with Gasteiger partial charge in [-0.2, -0.15) is 0 Å². The third kappa shape index (κ3) is 1.65. The van der Waals surface area contributed by atoms with Gasteiger partial charge in [0.2, 0.25) is 0 Å². The van der Waals surface area contributed by atoms with Crippen molar-refractivity contribution in [2.24, 2.45) is 0 Å². The molecule has 0 fully saturated rings. The summed E-state index contributed by atoms with van der Waals surface area (Å²) in [4.78, 5) is 11.4. The standard InChI is InChI=1S/C10H14N2O2/c1-2-12-10(13)9-5-7-6-11-4-3-8(7)14-9/h5,11H,2-4,6H2,1H3,(H,12,13). The normalized spacial score (nSPS) is 14.9. The second-order valence-electron chi connectivity index (χ2n) is 3.35. The lowest BCUT2D eigenvalue weighted by molar-refractivity contribution is 0.0926. The Morgan fingerprint density at radius 2 is 2.57 bits per heavy atom.